The molecule has 3 aromatic rings. The van der Waals surface area contributed by atoms with E-state index in [1.165, 1.54) is 0 Å². The number of hydrogen-bond donors (Lipinski definition) is 2. The van der Waals surface area contributed by atoms with Gasteiger partial charge >= 0.3 is 0 Å². The summed E-state index contributed by atoms with van der Waals surface area (Å²) >= 11 is 0. The van der Waals surface area contributed by atoms with Crippen molar-refractivity contribution < 1.29 is 14.6 Å². The maximum atomic E-state index is 13.4. The molecule has 0 radical (unpaired) electrons. The van der Waals surface area contributed by atoms with Crippen LogP contribution in [-0.4, -0.2) is 32.9 Å². The highest BCUT2D eigenvalue weighted by Crippen LogP contribution is 2.34. The van der Waals surface area contributed by atoms with Crippen molar-refractivity contribution in [2.45, 2.75) is 12.8 Å². The van der Waals surface area contributed by atoms with E-state index in [9.17, 15) is 9.90 Å². The molecule has 0 fully saturated rings. The second-order valence-electron chi connectivity index (χ2n) is 8.57. The molecule has 0 atom stereocenters. The second-order valence-corrected chi connectivity index (χ2v) is 8.57. The minimum Gasteiger partial charge on any atom is -0.508 e. The van der Waals surface area contributed by atoms with Crippen LogP contribution in [0.15, 0.2) is 83.8 Å². The standard InChI is InChI=1S/C28H23N3O4/c32-21-9-6-19(7-10-21)15-23-28(33)31-17-24(20-8-11-25-26(16-20)35-13-12-34-25)29-22(27(31)30-23)14-18-4-2-1-3-5-18/h1-11,16-17,29,32H,12-15H2. The third-order valence-electron chi connectivity index (χ3n) is 6.13. The first-order chi connectivity index (χ1) is 17.1. The normalized spacial score (nSPS) is 12.7. The molecule has 35 heavy (non-hydrogen) atoms. The van der Waals surface area contributed by atoms with Gasteiger partial charge in [-0.3, -0.25) is 9.36 Å². The van der Waals surface area contributed by atoms with Crippen molar-refractivity contribution in [3.05, 3.63) is 112 Å². The molecule has 3 heterocycles. The zero-order valence-electron chi connectivity index (χ0n) is 18.9. The van der Waals surface area contributed by atoms with E-state index < -0.39 is 0 Å². The molecule has 3 aliphatic rings. The molecule has 174 valence electrons. The number of ether oxygens (including phenoxy) is 2. The first-order valence-electron chi connectivity index (χ1n) is 11.5. The molecule has 7 nitrogen and oxygen atoms in total. The first kappa shape index (κ1) is 21.0. The average molecular weight is 466 g/mol. The van der Waals surface area contributed by atoms with Crippen molar-refractivity contribution in [3.8, 4) is 34.3 Å². The Labute approximate surface area is 201 Å². The van der Waals surface area contributed by atoms with Crippen LogP contribution in [0.1, 0.15) is 22.5 Å². The van der Waals surface area contributed by atoms with Crippen LogP contribution in [-0.2, 0) is 12.8 Å². The van der Waals surface area contributed by atoms with Gasteiger partial charge in [0, 0.05) is 24.6 Å². The number of benzene rings is 3. The Morgan fingerprint density at radius 2 is 1.63 bits per heavy atom. The molecule has 0 aromatic heterocycles. The van der Waals surface area contributed by atoms with Gasteiger partial charge in [0.25, 0.3) is 5.56 Å². The molecule has 6 rings (SSSR count). The van der Waals surface area contributed by atoms with Crippen molar-refractivity contribution in [2.24, 2.45) is 0 Å². The van der Waals surface area contributed by atoms with Crippen LogP contribution >= 0.6 is 0 Å². The summed E-state index contributed by atoms with van der Waals surface area (Å²) in [5.74, 6) is 2.20. The lowest BCUT2D eigenvalue weighted by Crippen LogP contribution is -2.18. The highest BCUT2D eigenvalue weighted by molar-refractivity contribution is 5.65. The smallest absolute Gasteiger partial charge is 0.278 e. The molecular formula is C28H23N3O4. The SMILES string of the molecule is O=c1c(Cc2ccc(O)cc2)nc2c(Cc3ccccc3)[nH]c(-c3ccc4c(c3)OCCO4)cn1-2. The molecule has 0 amide bonds. The molecule has 0 saturated carbocycles. The number of aromatic amines is 1. The number of rotatable bonds is 5. The lowest BCUT2D eigenvalue weighted by molar-refractivity contribution is 0.171. The summed E-state index contributed by atoms with van der Waals surface area (Å²) in [7, 11) is 0. The van der Waals surface area contributed by atoms with Crippen molar-refractivity contribution >= 4 is 0 Å². The van der Waals surface area contributed by atoms with Gasteiger partial charge in [-0.25, -0.2) is 4.98 Å². The van der Waals surface area contributed by atoms with Crippen LogP contribution < -0.4 is 15.0 Å². The maximum absolute atomic E-state index is 13.4. The van der Waals surface area contributed by atoms with Crippen molar-refractivity contribution in [3.63, 3.8) is 0 Å². The fourth-order valence-electron chi connectivity index (χ4n) is 4.38. The summed E-state index contributed by atoms with van der Waals surface area (Å²) in [6.07, 6.45) is 2.77. The topological polar surface area (TPSA) is 89.4 Å². The van der Waals surface area contributed by atoms with E-state index >= 15 is 0 Å². The Morgan fingerprint density at radius 3 is 2.43 bits per heavy atom. The van der Waals surface area contributed by atoms with Crippen LogP contribution in [0, 0.1) is 0 Å². The zero-order chi connectivity index (χ0) is 23.8. The Bertz CT molecular complexity index is 1520. The van der Waals surface area contributed by atoms with E-state index in [0.29, 0.717) is 49.1 Å². The number of aromatic nitrogens is 3. The van der Waals surface area contributed by atoms with Gasteiger partial charge in [0.1, 0.15) is 24.7 Å². The minimum absolute atomic E-state index is 0.157. The van der Waals surface area contributed by atoms with E-state index in [2.05, 4.69) is 17.1 Å². The number of H-pyrrole nitrogens is 1. The summed E-state index contributed by atoms with van der Waals surface area (Å²) < 4.78 is 13.0. The lowest BCUT2D eigenvalue weighted by Gasteiger charge is -2.19. The number of hydrogen-bond acceptors (Lipinski definition) is 5. The average Bonchev–Trinajstić information content (AvgIpc) is 3.21. The Kier molecular flexibility index (Phi) is 5.22. The van der Waals surface area contributed by atoms with Gasteiger partial charge < -0.3 is 19.6 Å². The van der Waals surface area contributed by atoms with Gasteiger partial charge in [-0.05, 0) is 41.5 Å². The zero-order valence-corrected chi connectivity index (χ0v) is 18.9. The summed E-state index contributed by atoms with van der Waals surface area (Å²) in [5.41, 5.74) is 4.83. The number of aromatic hydroxyl groups is 1. The van der Waals surface area contributed by atoms with Crippen molar-refractivity contribution in [1.82, 2.24) is 14.5 Å². The summed E-state index contributed by atoms with van der Waals surface area (Å²) in [6, 6.07) is 22.7. The quantitative estimate of drug-likeness (QED) is 0.404. The van der Waals surface area contributed by atoms with Gasteiger partial charge in [0.05, 0.1) is 11.4 Å². The van der Waals surface area contributed by atoms with E-state index in [-0.39, 0.29) is 11.3 Å². The molecule has 0 spiro atoms. The van der Waals surface area contributed by atoms with Gasteiger partial charge in [-0.1, -0.05) is 42.5 Å². The Morgan fingerprint density at radius 1 is 0.886 bits per heavy atom. The monoisotopic (exact) mass is 465 g/mol. The highest BCUT2D eigenvalue weighted by Gasteiger charge is 2.21. The predicted molar refractivity (Wildman–Crippen MR) is 132 cm³/mol. The number of phenols is 1. The predicted octanol–water partition coefficient (Wildman–Crippen LogP) is 4.32. The fraction of sp³-hybridized carbons (Fsp3) is 0.143. The van der Waals surface area contributed by atoms with Crippen LogP contribution in [0.4, 0.5) is 0 Å². The molecule has 0 unspecified atom stereocenters. The van der Waals surface area contributed by atoms with Crippen molar-refractivity contribution in [2.75, 3.05) is 13.2 Å². The van der Waals surface area contributed by atoms with Crippen LogP contribution in [0.3, 0.4) is 0 Å². The number of nitrogens with one attached hydrogen (secondary N) is 1. The second kappa shape index (κ2) is 8.68. The largest absolute Gasteiger partial charge is 0.508 e. The third-order valence-corrected chi connectivity index (χ3v) is 6.13. The third kappa shape index (κ3) is 4.12. The molecule has 3 aromatic carbocycles. The molecular weight excluding hydrogens is 442 g/mol. The van der Waals surface area contributed by atoms with E-state index in [1.54, 1.807) is 35.0 Å². The number of imidazole rings is 1. The van der Waals surface area contributed by atoms with Gasteiger partial charge in [0.2, 0.25) is 0 Å². The fourth-order valence-corrected chi connectivity index (χ4v) is 4.38. The van der Waals surface area contributed by atoms with E-state index in [4.69, 9.17) is 14.5 Å². The summed E-state index contributed by atoms with van der Waals surface area (Å²) in [6.45, 7) is 1.04. The molecule has 0 aliphatic carbocycles. The molecule has 7 heteroatoms. The molecule has 3 aliphatic heterocycles. The van der Waals surface area contributed by atoms with Crippen LogP contribution in [0.2, 0.25) is 0 Å². The minimum atomic E-state index is -0.157. The highest BCUT2D eigenvalue weighted by atomic mass is 16.6. The van der Waals surface area contributed by atoms with Crippen molar-refractivity contribution in [1.29, 1.82) is 0 Å². The van der Waals surface area contributed by atoms with Crippen LogP contribution in [0.25, 0.3) is 17.1 Å². The number of phenolic OH excluding ortho intramolecular Hbond substituents is 1. The van der Waals surface area contributed by atoms with Gasteiger partial charge in [-0.2, -0.15) is 0 Å². The molecule has 0 bridgehead atoms. The lowest BCUT2D eigenvalue weighted by atomic mass is 10.1. The first-order valence-corrected chi connectivity index (χ1v) is 11.5. The van der Waals surface area contributed by atoms with Gasteiger partial charge in [0.15, 0.2) is 17.3 Å². The molecule has 2 N–H and O–H groups in total. The summed E-state index contributed by atoms with van der Waals surface area (Å²) in [4.78, 5) is 21.7. The maximum Gasteiger partial charge on any atom is 0.278 e. The Balaban J connectivity index is 1.47. The summed E-state index contributed by atoms with van der Waals surface area (Å²) in [5, 5.41) is 9.58. The van der Waals surface area contributed by atoms with Crippen LogP contribution in [0.5, 0.6) is 17.2 Å². The number of nitrogens with zero attached hydrogens (tertiary/aromatic N) is 2. The Hall–Kier alpha value is -4.52. The van der Waals surface area contributed by atoms with E-state index in [0.717, 1.165) is 28.1 Å². The molecule has 0 saturated heterocycles. The number of fused-ring (bicyclic) bond motifs is 2. The van der Waals surface area contributed by atoms with Gasteiger partial charge in [-0.15, -0.1) is 0 Å². The van der Waals surface area contributed by atoms with E-state index in [1.807, 2.05) is 36.4 Å².